The van der Waals surface area contributed by atoms with Crippen LogP contribution in [0.4, 0.5) is 0 Å². The summed E-state index contributed by atoms with van der Waals surface area (Å²) >= 11 is 0. The van der Waals surface area contributed by atoms with E-state index in [1.165, 1.54) is 0 Å². The number of carbonyl (C=O) groups excluding carboxylic acids is 2. The van der Waals surface area contributed by atoms with Crippen molar-refractivity contribution in [1.29, 1.82) is 0 Å². The van der Waals surface area contributed by atoms with Gasteiger partial charge in [-0.25, -0.2) is 0 Å². The lowest BCUT2D eigenvalue weighted by Crippen LogP contribution is -2.55. The van der Waals surface area contributed by atoms with Gasteiger partial charge in [0.05, 0.1) is 12.6 Å². The topological polar surface area (TPSA) is 64.7 Å². The maximum absolute atomic E-state index is 11.9. The highest BCUT2D eigenvalue weighted by Crippen LogP contribution is 2.18. The quantitative estimate of drug-likeness (QED) is 0.626. The fourth-order valence-electron chi connectivity index (χ4n) is 2.50. The number of carbonyl (C=O) groups is 2. The number of hydrogen-bond acceptors (Lipinski definition) is 4. The Morgan fingerprint density at radius 1 is 1.29 bits per heavy atom. The van der Waals surface area contributed by atoms with Crippen molar-refractivity contribution in [2.45, 2.75) is 31.8 Å². The lowest BCUT2D eigenvalue weighted by atomic mass is 10.2. The molecule has 6 nitrogen and oxygen atoms in total. The summed E-state index contributed by atoms with van der Waals surface area (Å²) in [7, 11) is 0. The molecule has 2 aliphatic rings. The van der Waals surface area contributed by atoms with Crippen LogP contribution in [0.2, 0.25) is 0 Å². The van der Waals surface area contributed by atoms with Crippen LogP contribution >= 0.6 is 0 Å². The van der Waals surface area contributed by atoms with Crippen molar-refractivity contribution in [2.24, 2.45) is 0 Å². The molecule has 6 heteroatoms. The Morgan fingerprint density at radius 3 is 2.52 bits per heavy atom. The van der Waals surface area contributed by atoms with Crippen LogP contribution in [0.25, 0.3) is 0 Å². The normalized spacial score (nSPS) is 21.6. The summed E-state index contributed by atoms with van der Waals surface area (Å²) in [6, 6.07) is 0.291. The summed E-state index contributed by atoms with van der Waals surface area (Å²) in [6.45, 7) is 9.80. The van der Waals surface area contributed by atoms with Crippen LogP contribution in [0.5, 0.6) is 0 Å². The smallest absolute Gasteiger partial charge is 0.237 e. The van der Waals surface area contributed by atoms with E-state index in [1.54, 1.807) is 6.08 Å². The fourth-order valence-corrected chi connectivity index (χ4v) is 2.50. The van der Waals surface area contributed by atoms with E-state index in [-0.39, 0.29) is 17.9 Å². The van der Waals surface area contributed by atoms with Gasteiger partial charge in [-0.15, -0.1) is 6.58 Å². The van der Waals surface area contributed by atoms with E-state index in [2.05, 4.69) is 27.0 Å². The van der Waals surface area contributed by atoms with Crippen LogP contribution in [0.15, 0.2) is 12.7 Å². The second kappa shape index (κ2) is 7.56. The molecule has 1 aliphatic carbocycles. The summed E-state index contributed by atoms with van der Waals surface area (Å²) in [4.78, 5) is 28.0. The Kier molecular flexibility index (Phi) is 5.76. The predicted molar refractivity (Wildman–Crippen MR) is 81.8 cm³/mol. The van der Waals surface area contributed by atoms with Crippen LogP contribution in [0.3, 0.4) is 0 Å². The van der Waals surface area contributed by atoms with E-state index in [4.69, 9.17) is 0 Å². The van der Waals surface area contributed by atoms with Crippen molar-refractivity contribution >= 4 is 11.8 Å². The molecule has 2 amide bonds. The highest BCUT2D eigenvalue weighted by molar-refractivity contribution is 5.81. The molecular weight excluding hydrogens is 268 g/mol. The molecular formula is C15H26N4O2. The third-order valence-corrected chi connectivity index (χ3v) is 4.06. The fraction of sp³-hybridized carbons (Fsp3) is 0.733. The van der Waals surface area contributed by atoms with Gasteiger partial charge < -0.3 is 10.6 Å². The average molecular weight is 294 g/mol. The molecule has 118 valence electrons. The molecule has 1 atom stereocenters. The number of nitrogens with one attached hydrogen (secondary N) is 2. The molecule has 2 rings (SSSR count). The zero-order valence-electron chi connectivity index (χ0n) is 12.8. The summed E-state index contributed by atoms with van der Waals surface area (Å²) in [5.74, 6) is 0.164. The molecule has 1 unspecified atom stereocenters. The minimum Gasteiger partial charge on any atom is -0.352 e. The lowest BCUT2D eigenvalue weighted by Gasteiger charge is -2.37. The Morgan fingerprint density at radius 2 is 1.95 bits per heavy atom. The maximum atomic E-state index is 11.9. The second-order valence-corrected chi connectivity index (χ2v) is 5.86. The van der Waals surface area contributed by atoms with Gasteiger partial charge in [0, 0.05) is 38.8 Å². The van der Waals surface area contributed by atoms with E-state index in [0.717, 1.165) is 39.0 Å². The number of rotatable bonds is 7. The van der Waals surface area contributed by atoms with Gasteiger partial charge in [0.1, 0.15) is 0 Å². The highest BCUT2D eigenvalue weighted by Gasteiger charge is 2.27. The van der Waals surface area contributed by atoms with E-state index < -0.39 is 0 Å². The molecule has 0 aromatic rings. The molecule has 1 heterocycles. The third kappa shape index (κ3) is 5.13. The van der Waals surface area contributed by atoms with Gasteiger partial charge in [-0.1, -0.05) is 6.08 Å². The molecule has 0 spiro atoms. The molecule has 2 fully saturated rings. The Balaban J connectivity index is 1.67. The van der Waals surface area contributed by atoms with Crippen molar-refractivity contribution in [3.8, 4) is 0 Å². The van der Waals surface area contributed by atoms with Gasteiger partial charge in [-0.05, 0) is 19.8 Å². The minimum absolute atomic E-state index is 0.0369. The SMILES string of the molecule is C=CCNC(=O)C(C)N1CCN(CC(=O)NC2CC2)CC1. The molecule has 1 aliphatic heterocycles. The number of amides is 2. The van der Waals surface area contributed by atoms with Gasteiger partial charge >= 0.3 is 0 Å². The van der Waals surface area contributed by atoms with Gasteiger partial charge in [-0.3, -0.25) is 19.4 Å². The molecule has 0 bridgehead atoms. The first-order chi connectivity index (χ1) is 10.1. The van der Waals surface area contributed by atoms with Crippen LogP contribution in [0, 0.1) is 0 Å². The molecule has 2 N–H and O–H groups in total. The Bertz CT molecular complexity index is 387. The lowest BCUT2D eigenvalue weighted by molar-refractivity contribution is -0.127. The Hall–Kier alpha value is -1.40. The van der Waals surface area contributed by atoms with Crippen molar-refractivity contribution in [3.63, 3.8) is 0 Å². The summed E-state index contributed by atoms with van der Waals surface area (Å²) in [6.07, 6.45) is 3.93. The van der Waals surface area contributed by atoms with Gasteiger partial charge in [0.2, 0.25) is 11.8 Å². The van der Waals surface area contributed by atoms with Crippen molar-refractivity contribution in [1.82, 2.24) is 20.4 Å². The van der Waals surface area contributed by atoms with Crippen LogP contribution in [0.1, 0.15) is 19.8 Å². The number of nitrogens with zero attached hydrogens (tertiary/aromatic N) is 2. The largest absolute Gasteiger partial charge is 0.352 e. The van der Waals surface area contributed by atoms with Crippen molar-refractivity contribution in [2.75, 3.05) is 39.3 Å². The summed E-state index contributed by atoms with van der Waals surface area (Å²) in [5.41, 5.74) is 0. The molecule has 0 radical (unpaired) electrons. The summed E-state index contributed by atoms with van der Waals surface area (Å²) < 4.78 is 0. The third-order valence-electron chi connectivity index (χ3n) is 4.06. The highest BCUT2D eigenvalue weighted by atomic mass is 16.2. The molecule has 1 saturated heterocycles. The first-order valence-corrected chi connectivity index (χ1v) is 7.74. The molecule has 1 saturated carbocycles. The molecule has 21 heavy (non-hydrogen) atoms. The zero-order chi connectivity index (χ0) is 15.2. The van der Waals surface area contributed by atoms with Crippen molar-refractivity contribution in [3.05, 3.63) is 12.7 Å². The van der Waals surface area contributed by atoms with Crippen LogP contribution in [-0.4, -0.2) is 73.0 Å². The molecule has 0 aromatic heterocycles. The average Bonchev–Trinajstić information content (AvgIpc) is 3.28. The van der Waals surface area contributed by atoms with Crippen molar-refractivity contribution < 1.29 is 9.59 Å². The van der Waals surface area contributed by atoms with E-state index in [1.807, 2.05) is 6.92 Å². The monoisotopic (exact) mass is 294 g/mol. The van der Waals surface area contributed by atoms with Crippen LogP contribution in [-0.2, 0) is 9.59 Å². The first kappa shape index (κ1) is 16.0. The number of piperazine rings is 1. The van der Waals surface area contributed by atoms with E-state index in [9.17, 15) is 9.59 Å². The van der Waals surface area contributed by atoms with E-state index >= 15 is 0 Å². The van der Waals surface area contributed by atoms with Gasteiger partial charge in [-0.2, -0.15) is 0 Å². The summed E-state index contributed by atoms with van der Waals surface area (Å²) in [5, 5.41) is 5.83. The second-order valence-electron chi connectivity index (χ2n) is 5.86. The Labute approximate surface area is 126 Å². The number of hydrogen-bond donors (Lipinski definition) is 2. The standard InChI is InChI=1S/C15H26N4O2/c1-3-6-16-15(21)12(2)19-9-7-18(8-10-19)11-14(20)17-13-4-5-13/h3,12-13H,1,4-11H2,2H3,(H,16,21)(H,17,20). The first-order valence-electron chi connectivity index (χ1n) is 7.74. The van der Waals surface area contributed by atoms with Gasteiger partial charge in [0.25, 0.3) is 0 Å². The van der Waals surface area contributed by atoms with E-state index in [0.29, 0.717) is 19.1 Å². The minimum atomic E-state index is -0.132. The molecule has 0 aromatic carbocycles. The predicted octanol–water partition coefficient (Wildman–Crippen LogP) is -0.427. The van der Waals surface area contributed by atoms with Gasteiger partial charge in [0.15, 0.2) is 0 Å². The van der Waals surface area contributed by atoms with Crippen LogP contribution < -0.4 is 10.6 Å². The maximum Gasteiger partial charge on any atom is 0.237 e. The zero-order valence-corrected chi connectivity index (χ0v) is 12.8.